The second-order valence-corrected chi connectivity index (χ2v) is 4.92. The Morgan fingerprint density at radius 1 is 0.850 bits per heavy atom. The zero-order valence-electron chi connectivity index (χ0n) is 10.5. The Bertz CT molecular complexity index is 913. The molecular weight excluding hydrogens is 270 g/mol. The first-order valence-corrected chi connectivity index (χ1v) is 6.69. The molecule has 0 saturated carbocycles. The smallest absolute Gasteiger partial charge is 0.157 e. The predicted molar refractivity (Wildman–Crippen MR) is 80.9 cm³/mol. The van der Waals surface area contributed by atoms with Gasteiger partial charge in [0.1, 0.15) is 11.3 Å². The number of benzene rings is 2. The van der Waals surface area contributed by atoms with E-state index in [-0.39, 0.29) is 0 Å². The summed E-state index contributed by atoms with van der Waals surface area (Å²) in [6.07, 6.45) is 1.77. The summed E-state index contributed by atoms with van der Waals surface area (Å²) in [6, 6.07) is 18.0. The fourth-order valence-electron chi connectivity index (χ4n) is 2.44. The zero-order chi connectivity index (χ0) is 13.5. The number of rotatable bonds is 1. The number of hydrogen-bond donors (Lipinski definition) is 0. The van der Waals surface area contributed by atoms with Crippen molar-refractivity contribution in [2.24, 2.45) is 0 Å². The summed E-state index contributed by atoms with van der Waals surface area (Å²) in [5.41, 5.74) is 3.78. The Labute approximate surface area is 120 Å². The minimum Gasteiger partial charge on any atom is -0.288 e. The molecule has 0 radical (unpaired) electrons. The van der Waals surface area contributed by atoms with Gasteiger partial charge in [-0.15, -0.1) is 0 Å². The van der Waals surface area contributed by atoms with Crippen LogP contribution in [0.25, 0.3) is 27.9 Å². The Balaban J connectivity index is 2.19. The molecule has 3 nitrogen and oxygen atoms in total. The van der Waals surface area contributed by atoms with Gasteiger partial charge in [-0.25, -0.2) is 4.98 Å². The number of halogens is 1. The van der Waals surface area contributed by atoms with Gasteiger partial charge in [0.2, 0.25) is 0 Å². The largest absolute Gasteiger partial charge is 0.288 e. The SMILES string of the molecule is Clc1nc(-c2ccccc2)n2c1cnc1ccccc12. The van der Waals surface area contributed by atoms with Gasteiger partial charge < -0.3 is 0 Å². The Morgan fingerprint density at radius 3 is 2.45 bits per heavy atom. The van der Waals surface area contributed by atoms with E-state index >= 15 is 0 Å². The second kappa shape index (κ2) is 4.32. The van der Waals surface area contributed by atoms with Crippen molar-refractivity contribution in [1.29, 1.82) is 0 Å². The lowest BCUT2D eigenvalue weighted by molar-refractivity contribution is 1.19. The lowest BCUT2D eigenvalue weighted by Gasteiger charge is -2.05. The average Bonchev–Trinajstić information content (AvgIpc) is 2.86. The van der Waals surface area contributed by atoms with Crippen molar-refractivity contribution in [3.8, 4) is 11.4 Å². The van der Waals surface area contributed by atoms with E-state index in [1.807, 2.05) is 54.6 Å². The first kappa shape index (κ1) is 11.4. The third kappa shape index (κ3) is 1.60. The molecule has 0 unspecified atom stereocenters. The maximum atomic E-state index is 6.26. The van der Waals surface area contributed by atoms with Crippen LogP contribution in [-0.4, -0.2) is 14.4 Å². The van der Waals surface area contributed by atoms with E-state index in [1.165, 1.54) is 0 Å². The monoisotopic (exact) mass is 279 g/mol. The van der Waals surface area contributed by atoms with Crippen LogP contribution >= 0.6 is 11.6 Å². The van der Waals surface area contributed by atoms with Crippen LogP contribution in [0.15, 0.2) is 60.8 Å². The van der Waals surface area contributed by atoms with E-state index in [1.54, 1.807) is 6.20 Å². The molecule has 2 aromatic heterocycles. The fourth-order valence-corrected chi connectivity index (χ4v) is 2.65. The molecule has 0 aliphatic heterocycles. The van der Waals surface area contributed by atoms with Crippen molar-refractivity contribution in [2.75, 3.05) is 0 Å². The molecule has 0 aliphatic carbocycles. The molecule has 0 N–H and O–H groups in total. The quantitative estimate of drug-likeness (QED) is 0.523. The molecule has 4 rings (SSSR count). The summed E-state index contributed by atoms with van der Waals surface area (Å²) >= 11 is 6.26. The van der Waals surface area contributed by atoms with Gasteiger partial charge in [-0.1, -0.05) is 54.1 Å². The van der Waals surface area contributed by atoms with E-state index in [0.29, 0.717) is 5.15 Å². The number of hydrogen-bond acceptors (Lipinski definition) is 2. The molecule has 4 heteroatoms. The highest BCUT2D eigenvalue weighted by molar-refractivity contribution is 6.33. The van der Waals surface area contributed by atoms with Gasteiger partial charge in [0.05, 0.1) is 17.2 Å². The minimum absolute atomic E-state index is 0.474. The van der Waals surface area contributed by atoms with Crippen LogP contribution in [0.4, 0.5) is 0 Å². The van der Waals surface area contributed by atoms with Crippen molar-refractivity contribution in [3.05, 3.63) is 65.9 Å². The van der Waals surface area contributed by atoms with Crippen LogP contribution in [0.5, 0.6) is 0 Å². The second-order valence-electron chi connectivity index (χ2n) is 4.56. The average molecular weight is 280 g/mol. The summed E-state index contributed by atoms with van der Waals surface area (Å²) in [5, 5.41) is 0.474. The molecule has 0 amide bonds. The van der Waals surface area contributed by atoms with Crippen LogP contribution in [0, 0.1) is 0 Å². The zero-order valence-corrected chi connectivity index (χ0v) is 11.2. The molecule has 0 atom stereocenters. The van der Waals surface area contributed by atoms with Gasteiger partial charge in [-0.05, 0) is 12.1 Å². The lowest BCUT2D eigenvalue weighted by atomic mass is 10.2. The molecule has 0 saturated heterocycles. The number of imidazole rings is 1. The number of fused-ring (bicyclic) bond motifs is 3. The highest BCUT2D eigenvalue weighted by atomic mass is 35.5. The molecule has 4 aromatic rings. The van der Waals surface area contributed by atoms with Crippen molar-refractivity contribution in [2.45, 2.75) is 0 Å². The van der Waals surface area contributed by atoms with E-state index < -0.39 is 0 Å². The Morgan fingerprint density at radius 2 is 1.60 bits per heavy atom. The summed E-state index contributed by atoms with van der Waals surface area (Å²) in [5.74, 6) is 0.837. The van der Waals surface area contributed by atoms with Gasteiger partial charge in [0.25, 0.3) is 0 Å². The lowest BCUT2D eigenvalue weighted by Crippen LogP contribution is -1.93. The third-order valence-corrected chi connectivity index (χ3v) is 3.63. The molecule has 0 fully saturated rings. The van der Waals surface area contributed by atoms with Crippen molar-refractivity contribution in [1.82, 2.24) is 14.4 Å². The van der Waals surface area contributed by atoms with Crippen molar-refractivity contribution in [3.63, 3.8) is 0 Å². The van der Waals surface area contributed by atoms with Gasteiger partial charge in [0.15, 0.2) is 5.15 Å². The van der Waals surface area contributed by atoms with Crippen LogP contribution < -0.4 is 0 Å². The van der Waals surface area contributed by atoms with Crippen LogP contribution in [0.1, 0.15) is 0 Å². The Kier molecular flexibility index (Phi) is 2.47. The summed E-state index contributed by atoms with van der Waals surface area (Å²) in [7, 11) is 0. The first-order chi connectivity index (χ1) is 9.84. The maximum absolute atomic E-state index is 6.26. The van der Waals surface area contributed by atoms with Gasteiger partial charge >= 0.3 is 0 Å². The van der Waals surface area contributed by atoms with Crippen molar-refractivity contribution < 1.29 is 0 Å². The molecule has 0 aliphatic rings. The van der Waals surface area contributed by atoms with E-state index in [9.17, 15) is 0 Å². The molecule has 2 aromatic carbocycles. The fraction of sp³-hybridized carbons (Fsp3) is 0. The van der Waals surface area contributed by atoms with Gasteiger partial charge in [-0.2, -0.15) is 0 Å². The summed E-state index contributed by atoms with van der Waals surface area (Å²) in [6.45, 7) is 0. The van der Waals surface area contributed by atoms with Crippen LogP contribution in [-0.2, 0) is 0 Å². The van der Waals surface area contributed by atoms with Crippen molar-refractivity contribution >= 4 is 28.2 Å². The number of nitrogens with zero attached hydrogens (tertiary/aromatic N) is 3. The normalized spacial score (nSPS) is 11.2. The van der Waals surface area contributed by atoms with Crippen LogP contribution in [0.3, 0.4) is 0 Å². The molecule has 2 heterocycles. The molecule has 20 heavy (non-hydrogen) atoms. The standard InChI is InChI=1S/C16H10ClN3/c17-15-14-10-18-12-8-4-5-9-13(12)20(14)16(19-15)11-6-2-1-3-7-11/h1-10H. The van der Waals surface area contributed by atoms with E-state index in [0.717, 1.165) is 27.9 Å². The maximum Gasteiger partial charge on any atom is 0.157 e. The topological polar surface area (TPSA) is 30.2 Å². The molecule has 0 spiro atoms. The first-order valence-electron chi connectivity index (χ1n) is 6.32. The molecular formula is C16H10ClN3. The highest BCUT2D eigenvalue weighted by Crippen LogP contribution is 2.28. The van der Waals surface area contributed by atoms with Gasteiger partial charge in [-0.3, -0.25) is 9.38 Å². The third-order valence-electron chi connectivity index (χ3n) is 3.35. The number of aromatic nitrogens is 3. The summed E-state index contributed by atoms with van der Waals surface area (Å²) in [4.78, 5) is 8.93. The minimum atomic E-state index is 0.474. The summed E-state index contributed by atoms with van der Waals surface area (Å²) < 4.78 is 2.06. The Hall–Kier alpha value is -2.39. The molecule has 0 bridgehead atoms. The van der Waals surface area contributed by atoms with E-state index in [4.69, 9.17) is 11.6 Å². The van der Waals surface area contributed by atoms with Crippen LogP contribution in [0.2, 0.25) is 5.15 Å². The molecule has 96 valence electrons. The van der Waals surface area contributed by atoms with Gasteiger partial charge in [0, 0.05) is 5.56 Å². The highest BCUT2D eigenvalue weighted by Gasteiger charge is 2.13. The predicted octanol–water partition coefficient (Wildman–Crippen LogP) is 4.20. The number of para-hydroxylation sites is 2. The van der Waals surface area contributed by atoms with E-state index in [2.05, 4.69) is 14.4 Å².